The monoisotopic (exact) mass is 370 g/mol. The summed E-state index contributed by atoms with van der Waals surface area (Å²) in [5, 5.41) is 1.95. The summed E-state index contributed by atoms with van der Waals surface area (Å²) in [4.78, 5) is 1.25. The summed E-state index contributed by atoms with van der Waals surface area (Å²) in [6.45, 7) is 0. The number of fused-ring (bicyclic) bond motifs is 1. The van der Waals surface area contributed by atoms with Gasteiger partial charge in [0.15, 0.2) is 0 Å². The standard InChI is InChI=1S/C21H23ClN2S/c1-24-19-14-17(25-23-16-10-6-3-7-11-16)12-13-18(19)20(22)21(24)15-8-4-2-5-9-15/h2,4-5,8-9,12-14,16,23H,3,6-7,10-11H2,1H3. The summed E-state index contributed by atoms with van der Waals surface area (Å²) in [5.74, 6) is 0. The van der Waals surface area contributed by atoms with Crippen LogP contribution in [0.4, 0.5) is 0 Å². The molecular weight excluding hydrogens is 348 g/mol. The number of nitrogens with one attached hydrogen (secondary N) is 1. The zero-order valence-corrected chi connectivity index (χ0v) is 16.0. The minimum atomic E-state index is 0.645. The zero-order chi connectivity index (χ0) is 17.2. The van der Waals surface area contributed by atoms with Gasteiger partial charge in [-0.1, -0.05) is 67.3 Å². The highest BCUT2D eigenvalue weighted by atomic mass is 35.5. The molecule has 0 saturated heterocycles. The van der Waals surface area contributed by atoms with Crippen LogP contribution in [0.25, 0.3) is 22.2 Å². The Balaban J connectivity index is 1.63. The van der Waals surface area contributed by atoms with Gasteiger partial charge in [-0.2, -0.15) is 0 Å². The van der Waals surface area contributed by atoms with Crippen molar-refractivity contribution in [2.24, 2.45) is 7.05 Å². The molecule has 0 unspecified atom stereocenters. The lowest BCUT2D eigenvalue weighted by Gasteiger charge is -2.22. The van der Waals surface area contributed by atoms with Crippen LogP contribution in [0.3, 0.4) is 0 Å². The lowest BCUT2D eigenvalue weighted by Crippen LogP contribution is -2.25. The Morgan fingerprint density at radius 2 is 1.80 bits per heavy atom. The van der Waals surface area contributed by atoms with Gasteiger partial charge in [0, 0.05) is 23.4 Å². The number of hydrogen-bond acceptors (Lipinski definition) is 2. The largest absolute Gasteiger partial charge is 0.342 e. The minimum Gasteiger partial charge on any atom is -0.342 e. The molecule has 2 nitrogen and oxygen atoms in total. The van der Waals surface area contributed by atoms with Gasteiger partial charge < -0.3 is 4.57 Å². The third-order valence-electron chi connectivity index (χ3n) is 5.11. The maximum absolute atomic E-state index is 6.70. The summed E-state index contributed by atoms with van der Waals surface area (Å²) in [7, 11) is 2.10. The van der Waals surface area contributed by atoms with Crippen molar-refractivity contribution in [1.82, 2.24) is 9.29 Å². The molecule has 0 radical (unpaired) electrons. The highest BCUT2D eigenvalue weighted by Gasteiger charge is 2.16. The van der Waals surface area contributed by atoms with Gasteiger partial charge in [-0.3, -0.25) is 4.72 Å². The van der Waals surface area contributed by atoms with Crippen LogP contribution in [0.15, 0.2) is 53.4 Å². The lowest BCUT2D eigenvalue weighted by atomic mass is 9.96. The molecule has 130 valence electrons. The van der Waals surface area contributed by atoms with Crippen LogP contribution in [0.5, 0.6) is 0 Å². The smallest absolute Gasteiger partial charge is 0.0742 e. The van der Waals surface area contributed by atoms with Crippen LogP contribution >= 0.6 is 23.5 Å². The highest BCUT2D eigenvalue weighted by Crippen LogP contribution is 2.38. The van der Waals surface area contributed by atoms with Crippen LogP contribution in [0, 0.1) is 0 Å². The molecule has 1 heterocycles. The first kappa shape index (κ1) is 17.0. The third kappa shape index (κ3) is 3.46. The van der Waals surface area contributed by atoms with Crippen LogP contribution in [0.2, 0.25) is 5.02 Å². The van der Waals surface area contributed by atoms with E-state index >= 15 is 0 Å². The fourth-order valence-electron chi connectivity index (χ4n) is 3.72. The number of rotatable bonds is 4. The van der Waals surface area contributed by atoms with Gasteiger partial charge in [0.1, 0.15) is 0 Å². The molecule has 0 aliphatic heterocycles. The summed E-state index contributed by atoms with van der Waals surface area (Å²) in [6, 6.07) is 17.6. The van der Waals surface area contributed by atoms with E-state index in [9.17, 15) is 0 Å². The van der Waals surface area contributed by atoms with E-state index in [-0.39, 0.29) is 0 Å². The van der Waals surface area contributed by atoms with Crippen molar-refractivity contribution in [3.8, 4) is 11.3 Å². The molecule has 0 spiro atoms. The van der Waals surface area contributed by atoms with E-state index in [4.69, 9.17) is 11.6 Å². The van der Waals surface area contributed by atoms with Gasteiger partial charge in [-0.15, -0.1) is 0 Å². The number of halogens is 1. The molecule has 1 fully saturated rings. The van der Waals surface area contributed by atoms with Crippen molar-refractivity contribution >= 4 is 34.5 Å². The number of aryl methyl sites for hydroxylation is 1. The molecule has 2 aromatic carbocycles. The van der Waals surface area contributed by atoms with Crippen LogP contribution in [-0.4, -0.2) is 10.6 Å². The van der Waals surface area contributed by atoms with Crippen LogP contribution < -0.4 is 4.72 Å². The van der Waals surface area contributed by atoms with Gasteiger partial charge in [-0.05, 0) is 42.5 Å². The zero-order valence-electron chi connectivity index (χ0n) is 14.5. The fourth-order valence-corrected chi connectivity index (χ4v) is 4.96. The topological polar surface area (TPSA) is 17.0 Å². The molecule has 4 rings (SSSR count). The van der Waals surface area contributed by atoms with Gasteiger partial charge in [0.25, 0.3) is 0 Å². The molecule has 1 N–H and O–H groups in total. The molecule has 1 aliphatic carbocycles. The second-order valence-corrected chi connectivity index (χ2v) is 8.11. The first-order valence-corrected chi connectivity index (χ1v) is 10.2. The van der Waals surface area contributed by atoms with Gasteiger partial charge in [0.05, 0.1) is 16.2 Å². The number of aromatic nitrogens is 1. The second-order valence-electron chi connectivity index (χ2n) is 6.82. The molecule has 1 saturated carbocycles. The number of benzene rings is 2. The van der Waals surface area contributed by atoms with E-state index in [1.54, 1.807) is 11.9 Å². The summed E-state index contributed by atoms with van der Waals surface area (Å²) in [6.07, 6.45) is 6.68. The van der Waals surface area contributed by atoms with Crippen LogP contribution in [0.1, 0.15) is 32.1 Å². The van der Waals surface area contributed by atoms with E-state index < -0.39 is 0 Å². The molecule has 0 atom stereocenters. The molecule has 1 aliphatic rings. The third-order valence-corrected chi connectivity index (χ3v) is 6.43. The van der Waals surface area contributed by atoms with E-state index in [1.165, 1.54) is 42.5 Å². The Morgan fingerprint density at radius 3 is 2.56 bits per heavy atom. The molecule has 0 amide bonds. The quantitative estimate of drug-likeness (QED) is 0.533. The van der Waals surface area contributed by atoms with Crippen molar-refractivity contribution in [2.45, 2.75) is 43.0 Å². The molecule has 25 heavy (non-hydrogen) atoms. The fraction of sp³-hybridized carbons (Fsp3) is 0.333. The molecule has 0 bridgehead atoms. The Bertz CT molecular complexity index is 866. The Kier molecular flexibility index (Phi) is 5.07. The van der Waals surface area contributed by atoms with E-state index in [0.29, 0.717) is 6.04 Å². The van der Waals surface area contributed by atoms with Gasteiger partial charge >= 0.3 is 0 Å². The first-order chi connectivity index (χ1) is 12.2. The summed E-state index contributed by atoms with van der Waals surface area (Å²) in [5.41, 5.74) is 3.42. The second kappa shape index (κ2) is 7.45. The van der Waals surface area contributed by atoms with Crippen LogP contribution in [-0.2, 0) is 7.05 Å². The number of hydrogen-bond donors (Lipinski definition) is 1. The normalized spacial score (nSPS) is 15.8. The molecular formula is C21H23ClN2S. The van der Waals surface area contributed by atoms with E-state index in [0.717, 1.165) is 21.7 Å². The Hall–Kier alpha value is -1.42. The number of nitrogens with zero attached hydrogens (tertiary/aromatic N) is 1. The molecule has 4 heteroatoms. The maximum atomic E-state index is 6.70. The predicted octanol–water partition coefficient (Wildman–Crippen LogP) is 6.43. The van der Waals surface area contributed by atoms with Crippen molar-refractivity contribution in [2.75, 3.05) is 0 Å². The van der Waals surface area contributed by atoms with Crippen molar-refractivity contribution in [1.29, 1.82) is 0 Å². The Morgan fingerprint density at radius 1 is 1.04 bits per heavy atom. The van der Waals surface area contributed by atoms with Gasteiger partial charge in [-0.25, -0.2) is 0 Å². The molecule has 3 aromatic rings. The minimum absolute atomic E-state index is 0.645. The first-order valence-electron chi connectivity index (χ1n) is 9.00. The van der Waals surface area contributed by atoms with Crippen molar-refractivity contribution in [3.63, 3.8) is 0 Å². The average Bonchev–Trinajstić information content (AvgIpc) is 2.92. The summed E-state index contributed by atoms with van der Waals surface area (Å²) >= 11 is 8.46. The molecule has 1 aromatic heterocycles. The predicted molar refractivity (Wildman–Crippen MR) is 109 cm³/mol. The summed E-state index contributed by atoms with van der Waals surface area (Å²) < 4.78 is 5.86. The SMILES string of the molecule is Cn1c(-c2ccccc2)c(Cl)c2ccc(SNC3CCCCC3)cc21. The van der Waals surface area contributed by atoms with Gasteiger partial charge in [0.2, 0.25) is 0 Å². The van der Waals surface area contributed by atoms with Crippen molar-refractivity contribution in [3.05, 3.63) is 53.6 Å². The highest BCUT2D eigenvalue weighted by molar-refractivity contribution is 7.97. The Labute approximate surface area is 158 Å². The average molecular weight is 371 g/mol. The maximum Gasteiger partial charge on any atom is 0.0742 e. The van der Waals surface area contributed by atoms with Crippen molar-refractivity contribution < 1.29 is 0 Å². The van der Waals surface area contributed by atoms with E-state index in [1.807, 2.05) is 6.07 Å². The lowest BCUT2D eigenvalue weighted by molar-refractivity contribution is 0.423. The van der Waals surface area contributed by atoms with E-state index in [2.05, 4.69) is 58.8 Å².